The van der Waals surface area contributed by atoms with Gasteiger partial charge in [-0.25, -0.2) is 0 Å². The first-order chi connectivity index (χ1) is 9.61. The molecule has 0 saturated carbocycles. The molecule has 120 valence electrons. The molecule has 0 aliphatic rings. The molecule has 2 unspecified atom stereocenters. The van der Waals surface area contributed by atoms with Crippen LogP contribution in [0.2, 0.25) is 0 Å². The van der Waals surface area contributed by atoms with Gasteiger partial charge < -0.3 is 10.2 Å². The van der Waals surface area contributed by atoms with Crippen LogP contribution < -0.4 is 5.32 Å². The van der Waals surface area contributed by atoms with Crippen molar-refractivity contribution in [1.29, 1.82) is 0 Å². The first kappa shape index (κ1) is 19.9. The third kappa shape index (κ3) is 6.06. The molecule has 1 amide bonds. The van der Waals surface area contributed by atoms with Gasteiger partial charge in [0.05, 0.1) is 6.04 Å². The molecule has 3 nitrogen and oxygen atoms in total. The van der Waals surface area contributed by atoms with Crippen molar-refractivity contribution < 1.29 is 4.79 Å². The minimum Gasteiger partial charge on any atom is -0.336 e. The zero-order valence-electron chi connectivity index (χ0n) is 13.6. The number of nitrogens with one attached hydrogen (secondary N) is 1. The second kappa shape index (κ2) is 10.6. The maximum atomic E-state index is 12.6. The van der Waals surface area contributed by atoms with E-state index >= 15 is 0 Å². The van der Waals surface area contributed by atoms with Crippen molar-refractivity contribution in [2.75, 3.05) is 20.1 Å². The third-order valence-electron chi connectivity index (χ3n) is 3.72. The number of hydrogen-bond acceptors (Lipinski definition) is 2. The van der Waals surface area contributed by atoms with Gasteiger partial charge in [-0.05, 0) is 26.0 Å². The van der Waals surface area contributed by atoms with Crippen LogP contribution in [-0.2, 0) is 4.79 Å². The third-order valence-corrected chi connectivity index (χ3v) is 3.72. The second-order valence-electron chi connectivity index (χ2n) is 5.43. The fraction of sp³-hybridized carbons (Fsp3) is 0.588. The summed E-state index contributed by atoms with van der Waals surface area (Å²) < 4.78 is 0. The Labute approximate surface area is 135 Å². The average Bonchev–Trinajstić information content (AvgIpc) is 2.48. The van der Waals surface area contributed by atoms with Gasteiger partial charge >= 0.3 is 0 Å². The van der Waals surface area contributed by atoms with E-state index in [1.54, 1.807) is 0 Å². The molecule has 0 fully saturated rings. The number of unbranched alkanes of at least 4 members (excludes halogenated alkanes) is 1. The Hall–Kier alpha value is -1.06. The molecule has 0 bridgehead atoms. The van der Waals surface area contributed by atoms with E-state index in [9.17, 15) is 4.79 Å². The quantitative estimate of drug-likeness (QED) is 0.794. The lowest BCUT2D eigenvalue weighted by atomic mass is 10.0. The van der Waals surface area contributed by atoms with Gasteiger partial charge in [0, 0.05) is 19.0 Å². The van der Waals surface area contributed by atoms with Crippen LogP contribution in [0.3, 0.4) is 0 Å². The maximum Gasteiger partial charge on any atom is 0.227 e. The van der Waals surface area contributed by atoms with E-state index in [1.807, 2.05) is 37.1 Å². The van der Waals surface area contributed by atoms with Crippen LogP contribution in [0.4, 0.5) is 0 Å². The lowest BCUT2D eigenvalue weighted by Gasteiger charge is -2.32. The molecule has 1 N–H and O–H groups in total. The first-order valence-corrected chi connectivity index (χ1v) is 7.61. The summed E-state index contributed by atoms with van der Waals surface area (Å²) in [6, 6.07) is 10.4. The molecule has 0 heterocycles. The summed E-state index contributed by atoms with van der Waals surface area (Å²) in [5.41, 5.74) is 1.20. The number of nitrogens with zero attached hydrogens (tertiary/aromatic N) is 1. The Morgan fingerprint density at radius 1 is 1.24 bits per heavy atom. The Kier molecular flexibility index (Phi) is 10.1. The number of hydrogen-bond donors (Lipinski definition) is 1. The summed E-state index contributed by atoms with van der Waals surface area (Å²) in [5, 5.41) is 3.09. The summed E-state index contributed by atoms with van der Waals surface area (Å²) in [7, 11) is 1.89. The van der Waals surface area contributed by atoms with Crippen LogP contribution in [-0.4, -0.2) is 30.9 Å². The number of halogens is 1. The smallest absolute Gasteiger partial charge is 0.227 e. The summed E-state index contributed by atoms with van der Waals surface area (Å²) >= 11 is 0. The molecule has 0 radical (unpaired) electrons. The highest BCUT2D eigenvalue weighted by Gasteiger charge is 2.24. The van der Waals surface area contributed by atoms with Crippen molar-refractivity contribution in [3.05, 3.63) is 35.9 Å². The molecule has 0 aliphatic carbocycles. The fourth-order valence-corrected chi connectivity index (χ4v) is 2.41. The summed E-state index contributed by atoms with van der Waals surface area (Å²) in [6.45, 7) is 7.83. The normalized spacial score (nSPS) is 13.1. The van der Waals surface area contributed by atoms with Gasteiger partial charge in [-0.15, -0.1) is 12.4 Å². The number of benzene rings is 1. The second-order valence-corrected chi connectivity index (χ2v) is 5.43. The van der Waals surface area contributed by atoms with Crippen LogP contribution >= 0.6 is 12.4 Å². The highest BCUT2D eigenvalue weighted by molar-refractivity contribution is 5.85. The van der Waals surface area contributed by atoms with E-state index in [2.05, 4.69) is 31.3 Å². The number of carbonyl (C=O) groups excluding carboxylic acids is 1. The molecule has 0 spiro atoms. The molecule has 0 aromatic heterocycles. The molecule has 1 aromatic carbocycles. The Morgan fingerprint density at radius 2 is 1.86 bits per heavy atom. The van der Waals surface area contributed by atoms with Gasteiger partial charge in [0.25, 0.3) is 0 Å². The van der Waals surface area contributed by atoms with Gasteiger partial charge in [0.2, 0.25) is 5.91 Å². The van der Waals surface area contributed by atoms with Crippen LogP contribution in [0.15, 0.2) is 30.3 Å². The van der Waals surface area contributed by atoms with Crippen LogP contribution in [0.5, 0.6) is 0 Å². The van der Waals surface area contributed by atoms with E-state index in [4.69, 9.17) is 0 Å². The van der Waals surface area contributed by atoms with Gasteiger partial charge in [-0.2, -0.15) is 0 Å². The topological polar surface area (TPSA) is 32.3 Å². The number of amides is 1. The highest BCUT2D eigenvalue weighted by atomic mass is 35.5. The lowest BCUT2D eigenvalue weighted by molar-refractivity contribution is -0.137. The predicted octanol–water partition coefficient (Wildman–Crippen LogP) is 3.65. The standard InChI is InChI=1S/C17H28N2O.ClH/c1-5-6-12-19(17(20)14(2)13-18-4)15(3)16-10-8-7-9-11-16;/h7-11,14-15,18H,5-6,12-13H2,1-4H3;1H. The molecule has 2 atom stereocenters. The van der Waals surface area contributed by atoms with Crippen LogP contribution in [0.1, 0.15) is 45.2 Å². The van der Waals surface area contributed by atoms with E-state index in [0.29, 0.717) is 0 Å². The Bertz CT molecular complexity index is 397. The molecular weight excluding hydrogens is 284 g/mol. The fourth-order valence-electron chi connectivity index (χ4n) is 2.41. The minimum absolute atomic E-state index is 0. The zero-order valence-corrected chi connectivity index (χ0v) is 14.5. The van der Waals surface area contributed by atoms with Crippen molar-refractivity contribution in [1.82, 2.24) is 10.2 Å². The number of carbonyl (C=O) groups is 1. The molecule has 21 heavy (non-hydrogen) atoms. The van der Waals surface area contributed by atoms with E-state index < -0.39 is 0 Å². The van der Waals surface area contributed by atoms with Gasteiger partial charge in [-0.1, -0.05) is 50.6 Å². The predicted molar refractivity (Wildman–Crippen MR) is 91.8 cm³/mol. The zero-order chi connectivity index (χ0) is 15.0. The summed E-state index contributed by atoms with van der Waals surface area (Å²) in [5.74, 6) is 0.257. The number of rotatable bonds is 8. The first-order valence-electron chi connectivity index (χ1n) is 7.61. The molecule has 0 saturated heterocycles. The van der Waals surface area contributed by atoms with Crippen molar-refractivity contribution in [3.8, 4) is 0 Å². The average molecular weight is 313 g/mol. The van der Waals surface area contributed by atoms with Crippen LogP contribution in [0.25, 0.3) is 0 Å². The summed E-state index contributed by atoms with van der Waals surface area (Å²) in [4.78, 5) is 14.7. The van der Waals surface area contributed by atoms with Gasteiger partial charge in [0.15, 0.2) is 0 Å². The van der Waals surface area contributed by atoms with E-state index in [-0.39, 0.29) is 30.3 Å². The summed E-state index contributed by atoms with van der Waals surface area (Å²) in [6.07, 6.45) is 2.15. The molecule has 1 aromatic rings. The van der Waals surface area contributed by atoms with E-state index in [0.717, 1.165) is 25.9 Å². The van der Waals surface area contributed by atoms with Crippen molar-refractivity contribution in [2.24, 2.45) is 5.92 Å². The van der Waals surface area contributed by atoms with E-state index in [1.165, 1.54) is 5.56 Å². The highest BCUT2D eigenvalue weighted by Crippen LogP contribution is 2.22. The Balaban J connectivity index is 0.00000400. The van der Waals surface area contributed by atoms with Crippen molar-refractivity contribution in [3.63, 3.8) is 0 Å². The van der Waals surface area contributed by atoms with Gasteiger partial charge in [0.1, 0.15) is 0 Å². The molecule has 0 aliphatic heterocycles. The monoisotopic (exact) mass is 312 g/mol. The van der Waals surface area contributed by atoms with Crippen molar-refractivity contribution in [2.45, 2.75) is 39.7 Å². The maximum absolute atomic E-state index is 12.6. The van der Waals surface area contributed by atoms with Crippen molar-refractivity contribution >= 4 is 18.3 Å². The largest absolute Gasteiger partial charge is 0.336 e. The molecule has 4 heteroatoms. The minimum atomic E-state index is 0. The van der Waals surface area contributed by atoms with Crippen LogP contribution in [0, 0.1) is 5.92 Å². The molecular formula is C17H29ClN2O. The lowest BCUT2D eigenvalue weighted by Crippen LogP contribution is -2.40. The van der Waals surface area contributed by atoms with Gasteiger partial charge in [-0.3, -0.25) is 4.79 Å². The Morgan fingerprint density at radius 3 is 2.38 bits per heavy atom. The molecule has 1 rings (SSSR count). The SMILES string of the molecule is CCCCN(C(=O)C(C)CNC)C(C)c1ccccc1.Cl.